The lowest BCUT2D eigenvalue weighted by atomic mass is 10.1. The van der Waals surface area contributed by atoms with Crippen LogP contribution in [0.15, 0.2) is 0 Å². The fourth-order valence-electron chi connectivity index (χ4n) is 0.930. The summed E-state index contributed by atoms with van der Waals surface area (Å²) in [5.41, 5.74) is 0. The normalized spacial score (nSPS) is 17.8. The van der Waals surface area contributed by atoms with E-state index in [1.54, 1.807) is 0 Å². The minimum absolute atomic E-state index is 0.204. The number of carboxylic acid groups (broad SMARTS) is 1. The maximum Gasteiger partial charge on any atom is 0.321 e. The van der Waals surface area contributed by atoms with Crippen LogP contribution in [0.4, 0.5) is 0 Å². The van der Waals surface area contributed by atoms with Crippen LogP contribution >= 0.6 is 6.64 Å². The average Bonchev–Trinajstić information content (AvgIpc) is 2.02. The summed E-state index contributed by atoms with van der Waals surface area (Å²) in [6, 6.07) is -0.856. The molecule has 0 heterocycles. The first-order valence-corrected chi connectivity index (χ1v) is 6.85. The van der Waals surface area contributed by atoms with Crippen molar-refractivity contribution in [2.24, 2.45) is 5.92 Å². The average molecular weight is 241 g/mol. The monoisotopic (exact) mass is 241 g/mol. The van der Waals surface area contributed by atoms with Crippen LogP contribution in [0.1, 0.15) is 20.3 Å². The van der Waals surface area contributed by atoms with Crippen molar-refractivity contribution in [2.45, 2.75) is 26.3 Å². The summed E-state index contributed by atoms with van der Waals surface area (Å²) in [6.45, 7) is 0.651. The fraction of sp³-hybridized carbons (Fsp3) is 0.857. The number of aliphatic carboxylic acids is 1. The van der Waals surface area contributed by atoms with Crippen LogP contribution in [-0.4, -0.2) is 29.1 Å². The van der Waals surface area contributed by atoms with Gasteiger partial charge in [0, 0.05) is 7.11 Å². The van der Waals surface area contributed by atoms with Gasteiger partial charge in [-0.2, -0.15) is 0 Å². The molecule has 0 rings (SSSR count). The third kappa shape index (κ3) is 5.67. The Labute approximate surface area is 88.7 Å². The number of hydrogen-bond donors (Lipinski definition) is 3. The van der Waals surface area contributed by atoms with Crippen molar-refractivity contribution in [3.05, 3.63) is 0 Å². The van der Waals surface area contributed by atoms with Crippen LogP contribution in [0.3, 0.4) is 0 Å². The Balaban J connectivity index is 4.38. The second kappa shape index (κ2) is 5.78. The van der Waals surface area contributed by atoms with Gasteiger partial charge in [-0.15, -0.1) is 0 Å². The second-order valence-corrected chi connectivity index (χ2v) is 6.50. The lowest BCUT2D eigenvalue weighted by molar-refractivity contribution is -0.139. The third-order valence-electron chi connectivity index (χ3n) is 1.57. The predicted octanol–water partition coefficient (Wildman–Crippen LogP) is 0.938. The first-order valence-electron chi connectivity index (χ1n) is 4.17. The molecular formula is C7H16NO4PS. The van der Waals surface area contributed by atoms with Gasteiger partial charge in [0.1, 0.15) is 6.04 Å². The standard InChI is InChI=1S/C7H16NO4PS/c1-5(2)4-6(7(9)10)8-13(11,14)12-3/h5-6H,4H2,1-3H3,(H,9,10)(H2,8,11,14). The van der Waals surface area contributed by atoms with Crippen molar-refractivity contribution >= 4 is 24.4 Å². The lowest BCUT2D eigenvalue weighted by Crippen LogP contribution is -2.35. The molecule has 0 aromatic rings. The Morgan fingerprint density at radius 1 is 1.64 bits per heavy atom. The molecule has 3 N–H and O–H groups in total. The summed E-state index contributed by atoms with van der Waals surface area (Å²) in [6.07, 6.45) is 0.400. The highest BCUT2D eigenvalue weighted by Gasteiger charge is 2.25. The van der Waals surface area contributed by atoms with Gasteiger partial charge in [0.2, 0.25) is 0 Å². The minimum atomic E-state index is -3.14. The van der Waals surface area contributed by atoms with E-state index in [1.165, 1.54) is 7.11 Å². The van der Waals surface area contributed by atoms with E-state index in [4.69, 9.17) is 5.11 Å². The van der Waals surface area contributed by atoms with Crippen LogP contribution in [0.25, 0.3) is 0 Å². The van der Waals surface area contributed by atoms with Gasteiger partial charge >= 0.3 is 5.97 Å². The van der Waals surface area contributed by atoms with E-state index in [-0.39, 0.29) is 5.92 Å². The third-order valence-corrected chi connectivity index (χ3v) is 3.47. The maximum atomic E-state index is 10.8. The van der Waals surface area contributed by atoms with Crippen LogP contribution in [0.5, 0.6) is 0 Å². The van der Waals surface area contributed by atoms with Gasteiger partial charge in [-0.05, 0) is 24.1 Å². The maximum absolute atomic E-state index is 10.8. The zero-order chi connectivity index (χ0) is 11.4. The van der Waals surface area contributed by atoms with Crippen molar-refractivity contribution in [3.63, 3.8) is 0 Å². The van der Waals surface area contributed by atoms with E-state index in [0.717, 1.165) is 0 Å². The molecular weight excluding hydrogens is 225 g/mol. The largest absolute Gasteiger partial charge is 0.480 e. The Bertz CT molecular complexity index is 246. The Morgan fingerprint density at radius 2 is 2.14 bits per heavy atom. The first-order chi connectivity index (χ1) is 6.28. The van der Waals surface area contributed by atoms with Gasteiger partial charge in [0.05, 0.1) is 0 Å². The zero-order valence-corrected chi connectivity index (χ0v) is 10.1. The molecule has 0 aromatic carbocycles. The van der Waals surface area contributed by atoms with Crippen LogP contribution in [0.2, 0.25) is 0 Å². The molecule has 0 aromatic heterocycles. The number of rotatable bonds is 6. The fourth-order valence-corrected chi connectivity index (χ4v) is 2.03. The van der Waals surface area contributed by atoms with Crippen molar-refractivity contribution in [1.29, 1.82) is 0 Å². The molecule has 0 aliphatic carbocycles. The first kappa shape index (κ1) is 14.0. The van der Waals surface area contributed by atoms with Crippen molar-refractivity contribution in [1.82, 2.24) is 5.09 Å². The van der Waals surface area contributed by atoms with Crippen molar-refractivity contribution in [2.75, 3.05) is 7.11 Å². The van der Waals surface area contributed by atoms with Gasteiger partial charge in [-0.3, -0.25) is 4.79 Å². The molecule has 7 heteroatoms. The minimum Gasteiger partial charge on any atom is -0.480 e. The predicted molar refractivity (Wildman–Crippen MR) is 57.5 cm³/mol. The smallest absolute Gasteiger partial charge is 0.321 e. The lowest BCUT2D eigenvalue weighted by Gasteiger charge is -2.21. The number of carbonyl (C=O) groups is 1. The molecule has 0 aliphatic heterocycles. The molecule has 2 atom stereocenters. The molecule has 0 radical (unpaired) electrons. The van der Waals surface area contributed by atoms with Gasteiger partial charge in [-0.25, -0.2) is 5.09 Å². The summed E-state index contributed by atoms with van der Waals surface area (Å²) in [4.78, 5) is 20.2. The number of nitrogens with one attached hydrogen (secondary N) is 1. The molecule has 0 bridgehead atoms. The topological polar surface area (TPSA) is 78.8 Å². The van der Waals surface area contributed by atoms with Crippen molar-refractivity contribution in [3.8, 4) is 0 Å². The SMILES string of the molecule is COP(O)(=S)NC(CC(C)C)C(=O)O. The number of hydrogen-bond acceptors (Lipinski definition) is 3. The van der Waals surface area contributed by atoms with Gasteiger partial charge in [-0.1, -0.05) is 13.8 Å². The molecule has 5 nitrogen and oxygen atoms in total. The molecule has 0 saturated carbocycles. The Kier molecular flexibility index (Phi) is 5.78. The van der Waals surface area contributed by atoms with Gasteiger partial charge < -0.3 is 14.5 Å². The van der Waals surface area contributed by atoms with Crippen LogP contribution in [0, 0.1) is 5.92 Å². The molecule has 2 unspecified atom stereocenters. The summed E-state index contributed by atoms with van der Waals surface area (Å²) in [5, 5.41) is 11.3. The van der Waals surface area contributed by atoms with E-state index in [0.29, 0.717) is 6.42 Å². The highest BCUT2D eigenvalue weighted by molar-refractivity contribution is 8.08. The van der Waals surface area contributed by atoms with E-state index in [9.17, 15) is 9.69 Å². The summed E-state index contributed by atoms with van der Waals surface area (Å²) < 4.78 is 4.61. The molecule has 14 heavy (non-hydrogen) atoms. The highest BCUT2D eigenvalue weighted by atomic mass is 32.5. The summed E-state index contributed by atoms with van der Waals surface area (Å²) in [5.74, 6) is -0.825. The molecule has 0 fully saturated rings. The van der Waals surface area contributed by atoms with Gasteiger partial charge in [0.25, 0.3) is 6.64 Å². The molecule has 84 valence electrons. The molecule has 0 amide bonds. The van der Waals surface area contributed by atoms with E-state index >= 15 is 0 Å². The summed E-state index contributed by atoms with van der Waals surface area (Å²) >= 11 is 4.66. The number of carboxylic acids is 1. The second-order valence-electron chi connectivity index (χ2n) is 3.35. The summed E-state index contributed by atoms with van der Waals surface area (Å²) in [7, 11) is 1.25. The zero-order valence-electron chi connectivity index (χ0n) is 8.43. The van der Waals surface area contributed by atoms with E-state index in [2.05, 4.69) is 21.4 Å². The molecule has 0 aliphatic rings. The van der Waals surface area contributed by atoms with Gasteiger partial charge in [0.15, 0.2) is 0 Å². The van der Waals surface area contributed by atoms with E-state index < -0.39 is 18.7 Å². The highest BCUT2D eigenvalue weighted by Crippen LogP contribution is 2.37. The van der Waals surface area contributed by atoms with E-state index in [1.807, 2.05) is 13.8 Å². The van der Waals surface area contributed by atoms with Crippen molar-refractivity contribution < 1.29 is 19.3 Å². The molecule has 0 saturated heterocycles. The quantitative estimate of drug-likeness (QED) is 0.601. The Hall–Kier alpha value is 0. The van der Waals surface area contributed by atoms with Crippen LogP contribution < -0.4 is 5.09 Å². The Morgan fingerprint density at radius 3 is 2.43 bits per heavy atom. The van der Waals surface area contributed by atoms with Crippen LogP contribution in [-0.2, 0) is 21.1 Å². The molecule has 0 spiro atoms.